The van der Waals surface area contributed by atoms with Gasteiger partial charge in [0.15, 0.2) is 0 Å². The van der Waals surface area contributed by atoms with Crippen LogP contribution in [0, 0.1) is 19.8 Å². The van der Waals surface area contributed by atoms with Crippen LogP contribution < -0.4 is 11.1 Å². The molecule has 1 saturated carbocycles. The Balaban J connectivity index is 1.97. The zero-order chi connectivity index (χ0) is 13.1. The van der Waals surface area contributed by atoms with Crippen molar-refractivity contribution in [1.29, 1.82) is 0 Å². The summed E-state index contributed by atoms with van der Waals surface area (Å²) in [5, 5.41) is 3.02. The van der Waals surface area contributed by atoms with E-state index >= 15 is 0 Å². The predicted molar refractivity (Wildman–Crippen MR) is 73.6 cm³/mol. The molecule has 0 aromatic heterocycles. The first-order chi connectivity index (χ1) is 8.58. The Kier molecular flexibility index (Phi) is 4.02. The molecule has 1 aliphatic rings. The van der Waals surface area contributed by atoms with Gasteiger partial charge in [0.05, 0.1) is 0 Å². The maximum atomic E-state index is 12.1. The molecule has 0 radical (unpaired) electrons. The third kappa shape index (κ3) is 2.91. The second kappa shape index (κ2) is 5.53. The zero-order valence-electron chi connectivity index (χ0n) is 11.2. The Bertz CT molecular complexity index is 442. The van der Waals surface area contributed by atoms with Crippen molar-refractivity contribution in [3.63, 3.8) is 0 Å². The van der Waals surface area contributed by atoms with E-state index in [1.807, 2.05) is 32.0 Å². The molecule has 98 valence electrons. The van der Waals surface area contributed by atoms with Crippen molar-refractivity contribution < 1.29 is 4.79 Å². The van der Waals surface area contributed by atoms with E-state index < -0.39 is 0 Å². The molecule has 2 rings (SSSR count). The standard InChI is InChI=1S/C15H22N2O/c1-10-6-7-11(2)13(8-10)15(18)17-9-12-4-3-5-14(12)16/h6-8,12,14H,3-5,9,16H2,1-2H3,(H,17,18). The maximum absolute atomic E-state index is 12.1. The summed E-state index contributed by atoms with van der Waals surface area (Å²) in [6.45, 7) is 4.67. The molecule has 1 aliphatic carbocycles. The summed E-state index contributed by atoms with van der Waals surface area (Å²) in [5.74, 6) is 0.467. The minimum Gasteiger partial charge on any atom is -0.352 e. The predicted octanol–water partition coefficient (Wildman–Crippen LogP) is 2.16. The van der Waals surface area contributed by atoms with Gasteiger partial charge in [0, 0.05) is 18.2 Å². The molecule has 1 fully saturated rings. The summed E-state index contributed by atoms with van der Waals surface area (Å²) in [6, 6.07) is 6.22. The summed E-state index contributed by atoms with van der Waals surface area (Å²) in [6.07, 6.45) is 3.41. The van der Waals surface area contributed by atoms with Gasteiger partial charge in [-0.2, -0.15) is 0 Å². The highest BCUT2D eigenvalue weighted by atomic mass is 16.1. The van der Waals surface area contributed by atoms with Crippen molar-refractivity contribution in [2.24, 2.45) is 11.7 Å². The molecule has 0 saturated heterocycles. The van der Waals surface area contributed by atoms with E-state index in [0.29, 0.717) is 12.5 Å². The molecule has 0 aliphatic heterocycles. The first-order valence-corrected chi connectivity index (χ1v) is 6.69. The molecule has 1 aromatic carbocycles. The lowest BCUT2D eigenvalue weighted by Gasteiger charge is -2.16. The molecular weight excluding hydrogens is 224 g/mol. The van der Waals surface area contributed by atoms with Gasteiger partial charge in [0.2, 0.25) is 0 Å². The third-order valence-corrected chi connectivity index (χ3v) is 3.88. The van der Waals surface area contributed by atoms with Gasteiger partial charge < -0.3 is 11.1 Å². The Morgan fingerprint density at radius 3 is 2.83 bits per heavy atom. The van der Waals surface area contributed by atoms with Gasteiger partial charge in [-0.25, -0.2) is 0 Å². The fourth-order valence-corrected chi connectivity index (χ4v) is 2.62. The van der Waals surface area contributed by atoms with Crippen LogP contribution in [0.25, 0.3) is 0 Å². The molecular formula is C15H22N2O. The quantitative estimate of drug-likeness (QED) is 0.858. The lowest BCUT2D eigenvalue weighted by molar-refractivity contribution is 0.0946. The van der Waals surface area contributed by atoms with Gasteiger partial charge >= 0.3 is 0 Å². The molecule has 0 heterocycles. The molecule has 3 nitrogen and oxygen atoms in total. The Morgan fingerprint density at radius 1 is 1.39 bits per heavy atom. The fraction of sp³-hybridized carbons (Fsp3) is 0.533. The van der Waals surface area contributed by atoms with E-state index in [9.17, 15) is 4.79 Å². The van der Waals surface area contributed by atoms with Crippen molar-refractivity contribution in [1.82, 2.24) is 5.32 Å². The maximum Gasteiger partial charge on any atom is 0.251 e. The largest absolute Gasteiger partial charge is 0.352 e. The number of benzene rings is 1. The molecule has 0 spiro atoms. The number of carbonyl (C=O) groups is 1. The molecule has 3 heteroatoms. The van der Waals surface area contributed by atoms with Crippen LogP contribution in [0.4, 0.5) is 0 Å². The first-order valence-electron chi connectivity index (χ1n) is 6.69. The monoisotopic (exact) mass is 246 g/mol. The van der Waals surface area contributed by atoms with Crippen LogP contribution in [0.15, 0.2) is 18.2 Å². The van der Waals surface area contributed by atoms with Gasteiger partial charge in [-0.3, -0.25) is 4.79 Å². The normalized spacial score (nSPS) is 23.1. The lowest BCUT2D eigenvalue weighted by Crippen LogP contribution is -2.36. The van der Waals surface area contributed by atoms with Crippen LogP contribution in [-0.2, 0) is 0 Å². The summed E-state index contributed by atoms with van der Waals surface area (Å²) >= 11 is 0. The molecule has 2 unspecified atom stereocenters. The van der Waals surface area contributed by atoms with E-state index in [1.165, 1.54) is 6.42 Å². The van der Waals surface area contributed by atoms with Crippen molar-refractivity contribution >= 4 is 5.91 Å². The van der Waals surface area contributed by atoms with Crippen molar-refractivity contribution in [2.75, 3.05) is 6.54 Å². The third-order valence-electron chi connectivity index (χ3n) is 3.88. The fourth-order valence-electron chi connectivity index (χ4n) is 2.62. The molecule has 2 atom stereocenters. The zero-order valence-corrected chi connectivity index (χ0v) is 11.2. The van der Waals surface area contributed by atoms with Crippen LogP contribution >= 0.6 is 0 Å². The van der Waals surface area contributed by atoms with Crippen LogP contribution in [0.2, 0.25) is 0 Å². The molecule has 3 N–H and O–H groups in total. The molecule has 1 amide bonds. The Labute approximate surface area is 109 Å². The van der Waals surface area contributed by atoms with Gasteiger partial charge in [-0.05, 0) is 44.2 Å². The second-order valence-corrected chi connectivity index (χ2v) is 5.38. The second-order valence-electron chi connectivity index (χ2n) is 5.38. The first kappa shape index (κ1) is 13.1. The van der Waals surface area contributed by atoms with Crippen molar-refractivity contribution in [3.8, 4) is 0 Å². The molecule has 1 aromatic rings. The number of aryl methyl sites for hydroxylation is 2. The molecule has 18 heavy (non-hydrogen) atoms. The number of nitrogens with one attached hydrogen (secondary N) is 1. The van der Waals surface area contributed by atoms with E-state index in [2.05, 4.69) is 5.32 Å². The highest BCUT2D eigenvalue weighted by Gasteiger charge is 2.24. The lowest BCUT2D eigenvalue weighted by atomic mass is 10.0. The van der Waals surface area contributed by atoms with E-state index in [4.69, 9.17) is 5.73 Å². The van der Waals surface area contributed by atoms with Crippen LogP contribution in [0.5, 0.6) is 0 Å². The van der Waals surface area contributed by atoms with E-state index in [1.54, 1.807) is 0 Å². The van der Waals surface area contributed by atoms with E-state index in [-0.39, 0.29) is 11.9 Å². The number of hydrogen-bond donors (Lipinski definition) is 2. The Hall–Kier alpha value is -1.35. The van der Waals surface area contributed by atoms with Gasteiger partial charge in [0.1, 0.15) is 0 Å². The molecule has 0 bridgehead atoms. The highest BCUT2D eigenvalue weighted by molar-refractivity contribution is 5.95. The highest BCUT2D eigenvalue weighted by Crippen LogP contribution is 2.23. The smallest absolute Gasteiger partial charge is 0.251 e. The SMILES string of the molecule is Cc1ccc(C)c(C(=O)NCC2CCCC2N)c1. The number of nitrogens with two attached hydrogens (primary N) is 1. The summed E-state index contributed by atoms with van der Waals surface area (Å²) in [4.78, 5) is 12.1. The summed E-state index contributed by atoms with van der Waals surface area (Å²) in [5.41, 5.74) is 8.92. The summed E-state index contributed by atoms with van der Waals surface area (Å²) < 4.78 is 0. The van der Waals surface area contributed by atoms with Gasteiger partial charge in [-0.1, -0.05) is 24.1 Å². The van der Waals surface area contributed by atoms with Gasteiger partial charge in [-0.15, -0.1) is 0 Å². The minimum absolute atomic E-state index is 0.0234. The average Bonchev–Trinajstić information content (AvgIpc) is 2.75. The van der Waals surface area contributed by atoms with Gasteiger partial charge in [0.25, 0.3) is 5.91 Å². The van der Waals surface area contributed by atoms with E-state index in [0.717, 1.165) is 29.5 Å². The number of carbonyl (C=O) groups excluding carboxylic acids is 1. The number of hydrogen-bond acceptors (Lipinski definition) is 2. The van der Waals surface area contributed by atoms with Crippen LogP contribution in [0.3, 0.4) is 0 Å². The van der Waals surface area contributed by atoms with Crippen LogP contribution in [0.1, 0.15) is 40.7 Å². The number of amides is 1. The topological polar surface area (TPSA) is 55.1 Å². The average molecular weight is 246 g/mol. The number of rotatable bonds is 3. The van der Waals surface area contributed by atoms with Crippen LogP contribution in [-0.4, -0.2) is 18.5 Å². The minimum atomic E-state index is 0.0234. The Morgan fingerprint density at radius 2 is 2.17 bits per heavy atom. The summed E-state index contributed by atoms with van der Waals surface area (Å²) in [7, 11) is 0. The van der Waals surface area contributed by atoms with Crippen molar-refractivity contribution in [2.45, 2.75) is 39.2 Å². The van der Waals surface area contributed by atoms with Crippen molar-refractivity contribution in [3.05, 3.63) is 34.9 Å².